The van der Waals surface area contributed by atoms with E-state index in [0.717, 1.165) is 5.56 Å². The second-order valence-electron chi connectivity index (χ2n) is 2.05. The van der Waals surface area contributed by atoms with Crippen LogP contribution in [-0.4, -0.2) is 11.6 Å². The number of aromatic nitrogens is 1. The fourth-order valence-corrected chi connectivity index (χ4v) is 0.615. The van der Waals surface area contributed by atoms with Crippen LogP contribution in [0.3, 0.4) is 0 Å². The van der Waals surface area contributed by atoms with Gasteiger partial charge in [0.05, 0.1) is 0 Å². The van der Waals surface area contributed by atoms with Gasteiger partial charge in [-0.15, -0.1) is 0 Å². The fraction of sp³-hybridized carbons (Fsp3) is 0.545. The van der Waals surface area contributed by atoms with E-state index in [0.29, 0.717) is 0 Å². The Morgan fingerprint density at radius 1 is 1.13 bits per heavy atom. The molecule has 0 spiro atoms. The van der Waals surface area contributed by atoms with Crippen LogP contribution in [0.2, 0.25) is 0 Å². The van der Waals surface area contributed by atoms with Gasteiger partial charge in [-0.25, -0.2) is 4.98 Å². The van der Waals surface area contributed by atoms with Crippen molar-refractivity contribution in [3.05, 3.63) is 23.9 Å². The second kappa shape index (κ2) is 10.9. The number of rotatable bonds is 2. The maximum Gasteiger partial charge on any atom is 0.388 e. The molecule has 1 heterocycles. The van der Waals surface area contributed by atoms with Crippen LogP contribution in [0.5, 0.6) is 5.88 Å². The summed E-state index contributed by atoms with van der Waals surface area (Å²) in [6, 6.07) is 3.06. The molecule has 0 unspecified atom stereocenters. The highest BCUT2D eigenvalue weighted by Gasteiger charge is 2.03. The molecule has 0 radical (unpaired) electrons. The molecule has 0 bridgehead atoms. The molecule has 88 valence electrons. The lowest BCUT2D eigenvalue weighted by Gasteiger charge is -2.01. The summed E-state index contributed by atoms with van der Waals surface area (Å²) in [4.78, 5) is 3.62. The van der Waals surface area contributed by atoms with E-state index in [4.69, 9.17) is 0 Å². The first-order chi connectivity index (χ1) is 7.18. The zero-order chi connectivity index (χ0) is 12.3. The van der Waals surface area contributed by atoms with E-state index in [2.05, 4.69) is 9.72 Å². The molecule has 0 amide bonds. The van der Waals surface area contributed by atoms with Gasteiger partial charge in [-0.05, 0) is 12.5 Å². The van der Waals surface area contributed by atoms with Crippen molar-refractivity contribution >= 4 is 0 Å². The summed E-state index contributed by atoms with van der Waals surface area (Å²) in [7, 11) is 0. The topological polar surface area (TPSA) is 22.1 Å². The third-order valence-corrected chi connectivity index (χ3v) is 1.09. The molecule has 0 aliphatic rings. The average molecular weight is 219 g/mol. The van der Waals surface area contributed by atoms with E-state index in [1.807, 2.05) is 34.6 Å². The molecule has 0 aromatic carbocycles. The molecule has 4 heteroatoms. The minimum Gasteiger partial charge on any atom is -0.417 e. The minimum absolute atomic E-state index is 0.0504. The highest BCUT2D eigenvalue weighted by molar-refractivity contribution is 5.16. The van der Waals surface area contributed by atoms with Gasteiger partial charge in [-0.3, -0.25) is 0 Å². The van der Waals surface area contributed by atoms with Crippen molar-refractivity contribution in [1.29, 1.82) is 0 Å². The van der Waals surface area contributed by atoms with Crippen molar-refractivity contribution in [2.75, 3.05) is 0 Å². The van der Waals surface area contributed by atoms with Gasteiger partial charge in [-0.1, -0.05) is 33.8 Å². The number of hydrogen-bond donors (Lipinski definition) is 0. The van der Waals surface area contributed by atoms with Crippen LogP contribution in [0.1, 0.15) is 33.3 Å². The minimum atomic E-state index is -2.80. The Kier molecular flexibility index (Phi) is 11.8. The lowest BCUT2D eigenvalue weighted by atomic mass is 10.3. The normalized spacial score (nSPS) is 8.27. The molecule has 0 fully saturated rings. The van der Waals surface area contributed by atoms with Crippen molar-refractivity contribution in [2.45, 2.75) is 41.2 Å². The molecular weight excluding hydrogens is 200 g/mol. The first kappa shape index (κ1) is 16.2. The molecule has 1 aromatic rings. The van der Waals surface area contributed by atoms with Gasteiger partial charge < -0.3 is 4.74 Å². The van der Waals surface area contributed by atoms with E-state index in [9.17, 15) is 8.78 Å². The average Bonchev–Trinajstić information content (AvgIpc) is 2.27. The summed E-state index contributed by atoms with van der Waals surface area (Å²) in [5.74, 6) is -0.0504. The Labute approximate surface area is 90.3 Å². The summed E-state index contributed by atoms with van der Waals surface area (Å²) in [6.07, 6.45) is 1.47. The SMILES string of the molecule is CC.CC.Cc1ccc(OC(F)F)nc1. The van der Waals surface area contributed by atoms with Gasteiger partial charge in [0, 0.05) is 12.3 Å². The first-order valence-corrected chi connectivity index (χ1v) is 5.06. The number of nitrogens with zero attached hydrogens (tertiary/aromatic N) is 1. The predicted molar refractivity (Wildman–Crippen MR) is 58.3 cm³/mol. The quantitative estimate of drug-likeness (QED) is 0.748. The van der Waals surface area contributed by atoms with Gasteiger partial charge in [-0.2, -0.15) is 8.78 Å². The smallest absolute Gasteiger partial charge is 0.388 e. The molecule has 0 N–H and O–H groups in total. The maximum atomic E-state index is 11.6. The third-order valence-electron chi connectivity index (χ3n) is 1.09. The molecular formula is C11H19F2NO. The predicted octanol–water partition coefficient (Wildman–Crippen LogP) is 4.04. The number of halogens is 2. The monoisotopic (exact) mass is 219 g/mol. The summed E-state index contributed by atoms with van der Waals surface area (Å²) >= 11 is 0. The number of hydrogen-bond acceptors (Lipinski definition) is 2. The molecule has 2 nitrogen and oxygen atoms in total. The number of pyridine rings is 1. The van der Waals surface area contributed by atoms with Crippen molar-refractivity contribution in [2.24, 2.45) is 0 Å². The lowest BCUT2D eigenvalue weighted by Crippen LogP contribution is -2.03. The first-order valence-electron chi connectivity index (χ1n) is 5.06. The van der Waals surface area contributed by atoms with Gasteiger partial charge >= 0.3 is 6.61 Å². The van der Waals surface area contributed by atoms with Gasteiger partial charge in [0.1, 0.15) is 0 Å². The lowest BCUT2D eigenvalue weighted by molar-refractivity contribution is -0.0528. The number of alkyl halides is 2. The van der Waals surface area contributed by atoms with Crippen molar-refractivity contribution in [3.63, 3.8) is 0 Å². The highest BCUT2D eigenvalue weighted by atomic mass is 19.3. The van der Waals surface area contributed by atoms with Crippen LogP contribution in [-0.2, 0) is 0 Å². The van der Waals surface area contributed by atoms with E-state index in [1.54, 1.807) is 6.07 Å². The zero-order valence-corrected chi connectivity index (χ0v) is 9.92. The van der Waals surface area contributed by atoms with Crippen LogP contribution >= 0.6 is 0 Å². The van der Waals surface area contributed by atoms with Crippen LogP contribution in [0, 0.1) is 6.92 Å². The van der Waals surface area contributed by atoms with E-state index in [1.165, 1.54) is 12.3 Å². The Morgan fingerprint density at radius 3 is 2.00 bits per heavy atom. The summed E-state index contributed by atoms with van der Waals surface area (Å²) in [5.41, 5.74) is 0.909. The molecule has 0 aliphatic heterocycles. The molecule has 0 saturated heterocycles. The van der Waals surface area contributed by atoms with E-state index >= 15 is 0 Å². The Hall–Kier alpha value is -1.19. The summed E-state index contributed by atoms with van der Waals surface area (Å²) in [6.45, 7) is 7.02. The molecule has 0 saturated carbocycles. The summed E-state index contributed by atoms with van der Waals surface area (Å²) in [5, 5.41) is 0. The standard InChI is InChI=1S/C7H7F2NO.2C2H6/c1-5-2-3-6(10-4-5)11-7(8)9;2*1-2/h2-4,7H,1H3;2*1-2H3. The van der Waals surface area contributed by atoms with Crippen LogP contribution in [0.15, 0.2) is 18.3 Å². The van der Waals surface area contributed by atoms with E-state index in [-0.39, 0.29) is 5.88 Å². The Bertz CT molecular complexity index is 225. The summed E-state index contributed by atoms with van der Waals surface area (Å²) < 4.78 is 27.1. The van der Waals surface area contributed by atoms with Gasteiger partial charge in [0.25, 0.3) is 0 Å². The fourth-order valence-electron chi connectivity index (χ4n) is 0.615. The van der Waals surface area contributed by atoms with Gasteiger partial charge in [0.2, 0.25) is 5.88 Å². The van der Waals surface area contributed by atoms with Crippen LogP contribution in [0.25, 0.3) is 0 Å². The zero-order valence-electron chi connectivity index (χ0n) is 9.92. The van der Waals surface area contributed by atoms with Gasteiger partial charge in [0.15, 0.2) is 0 Å². The Morgan fingerprint density at radius 2 is 1.67 bits per heavy atom. The van der Waals surface area contributed by atoms with Crippen molar-refractivity contribution in [1.82, 2.24) is 4.98 Å². The van der Waals surface area contributed by atoms with E-state index < -0.39 is 6.61 Å². The second-order valence-corrected chi connectivity index (χ2v) is 2.05. The molecule has 0 aliphatic carbocycles. The Balaban J connectivity index is 0. The molecule has 1 rings (SSSR count). The molecule has 1 aromatic heterocycles. The molecule has 0 atom stereocenters. The van der Waals surface area contributed by atoms with Crippen molar-refractivity contribution in [3.8, 4) is 5.88 Å². The molecule has 15 heavy (non-hydrogen) atoms. The van der Waals surface area contributed by atoms with Crippen LogP contribution < -0.4 is 4.74 Å². The number of aryl methyl sites for hydroxylation is 1. The van der Waals surface area contributed by atoms with Crippen LogP contribution in [0.4, 0.5) is 8.78 Å². The highest BCUT2D eigenvalue weighted by Crippen LogP contribution is 2.09. The number of ether oxygens (including phenoxy) is 1. The largest absolute Gasteiger partial charge is 0.417 e. The maximum absolute atomic E-state index is 11.6. The van der Waals surface area contributed by atoms with Crippen molar-refractivity contribution < 1.29 is 13.5 Å². The third kappa shape index (κ3) is 9.12.